The molecule has 6 nitrogen and oxygen atoms in total. The van der Waals surface area contributed by atoms with E-state index in [-0.39, 0.29) is 6.73 Å². The Morgan fingerprint density at radius 2 is 1.67 bits per heavy atom. The minimum absolute atomic E-state index is 0.0412. The summed E-state index contributed by atoms with van der Waals surface area (Å²) < 4.78 is 15.6. The Labute approximate surface area is 127 Å². The number of rotatable bonds is 7. The van der Waals surface area contributed by atoms with E-state index >= 15 is 0 Å². The Bertz CT molecular complexity index is 350. The third kappa shape index (κ3) is 5.91. The first-order valence-corrected chi connectivity index (χ1v) is 7.29. The molecule has 1 atom stereocenters. The number of nitrogens with zero attached hydrogens (tertiary/aromatic N) is 1. The lowest BCUT2D eigenvalue weighted by molar-refractivity contribution is -0.160. The topological polar surface area (TPSA) is 65.1 Å². The Morgan fingerprint density at radius 3 is 2.05 bits per heavy atom. The summed E-state index contributed by atoms with van der Waals surface area (Å²) in [5.74, 6) is -0.449. The van der Waals surface area contributed by atoms with E-state index in [9.17, 15) is 9.59 Å². The molecule has 0 aliphatic rings. The van der Waals surface area contributed by atoms with Crippen LogP contribution in [0.5, 0.6) is 0 Å². The van der Waals surface area contributed by atoms with Crippen molar-refractivity contribution in [2.45, 2.75) is 65.5 Å². The van der Waals surface area contributed by atoms with Crippen LogP contribution in [0.2, 0.25) is 0 Å². The smallest absolute Gasteiger partial charge is 0.413 e. The number of ether oxygens (including phenoxy) is 3. The quantitative estimate of drug-likeness (QED) is 0.534. The van der Waals surface area contributed by atoms with Gasteiger partial charge in [-0.2, -0.15) is 0 Å². The highest BCUT2D eigenvalue weighted by Crippen LogP contribution is 2.24. The Hall–Kier alpha value is -1.30. The molecule has 21 heavy (non-hydrogen) atoms. The minimum Gasteiger partial charge on any atom is -0.464 e. The Kier molecular flexibility index (Phi) is 7.71. The zero-order chi connectivity index (χ0) is 16.7. The molecule has 0 radical (unpaired) electrons. The van der Waals surface area contributed by atoms with E-state index in [0.29, 0.717) is 13.0 Å². The third-order valence-corrected chi connectivity index (χ3v) is 3.03. The van der Waals surface area contributed by atoms with Crippen molar-refractivity contribution < 1.29 is 23.8 Å². The maximum absolute atomic E-state index is 12.3. The van der Waals surface area contributed by atoms with Crippen LogP contribution in [0.3, 0.4) is 0 Å². The average molecular weight is 303 g/mol. The largest absolute Gasteiger partial charge is 0.464 e. The van der Waals surface area contributed by atoms with Gasteiger partial charge in [-0.05, 0) is 40.5 Å². The van der Waals surface area contributed by atoms with Crippen molar-refractivity contribution in [1.29, 1.82) is 0 Å². The van der Waals surface area contributed by atoms with Crippen molar-refractivity contribution in [3.63, 3.8) is 0 Å². The molecule has 0 unspecified atom stereocenters. The second-order valence-corrected chi connectivity index (χ2v) is 6.09. The molecule has 0 saturated heterocycles. The lowest BCUT2D eigenvalue weighted by atomic mass is 9.97. The number of esters is 1. The predicted octanol–water partition coefficient (Wildman–Crippen LogP) is 2.95. The van der Waals surface area contributed by atoms with E-state index in [1.165, 1.54) is 12.0 Å². The van der Waals surface area contributed by atoms with Crippen LogP contribution in [0, 0.1) is 0 Å². The molecule has 124 valence electrons. The molecule has 0 rings (SSSR count). The van der Waals surface area contributed by atoms with Crippen LogP contribution < -0.4 is 0 Å². The van der Waals surface area contributed by atoms with Gasteiger partial charge in [0.2, 0.25) is 0 Å². The van der Waals surface area contributed by atoms with Crippen molar-refractivity contribution >= 4 is 12.1 Å². The SMILES string of the molecule is CCCOC(=O)[C@](C)(CC)N(COC)C(=O)OC(C)(C)C. The summed E-state index contributed by atoms with van der Waals surface area (Å²) in [5.41, 5.74) is -1.77. The fraction of sp³-hybridized carbons (Fsp3) is 0.867. The molecule has 0 aromatic carbocycles. The Morgan fingerprint density at radius 1 is 1.10 bits per heavy atom. The van der Waals surface area contributed by atoms with Crippen molar-refractivity contribution in [2.75, 3.05) is 20.4 Å². The van der Waals surface area contributed by atoms with Crippen molar-refractivity contribution in [1.82, 2.24) is 4.90 Å². The fourth-order valence-electron chi connectivity index (χ4n) is 1.64. The van der Waals surface area contributed by atoms with Gasteiger partial charge in [0.05, 0.1) is 6.61 Å². The fourth-order valence-corrected chi connectivity index (χ4v) is 1.64. The van der Waals surface area contributed by atoms with Gasteiger partial charge in [-0.15, -0.1) is 0 Å². The van der Waals surface area contributed by atoms with Crippen LogP contribution in [0.4, 0.5) is 4.79 Å². The van der Waals surface area contributed by atoms with Crippen molar-refractivity contribution in [3.05, 3.63) is 0 Å². The molecule has 0 fully saturated rings. The number of hydrogen-bond donors (Lipinski definition) is 0. The van der Waals surface area contributed by atoms with Gasteiger partial charge < -0.3 is 14.2 Å². The number of hydrogen-bond acceptors (Lipinski definition) is 5. The van der Waals surface area contributed by atoms with Crippen LogP contribution >= 0.6 is 0 Å². The van der Waals surface area contributed by atoms with E-state index in [2.05, 4.69) is 0 Å². The zero-order valence-electron chi connectivity index (χ0n) is 14.3. The first-order valence-electron chi connectivity index (χ1n) is 7.29. The van der Waals surface area contributed by atoms with Gasteiger partial charge in [-0.3, -0.25) is 4.90 Å². The number of carbonyl (C=O) groups excluding carboxylic acids is 2. The van der Waals surface area contributed by atoms with Gasteiger partial charge in [0, 0.05) is 7.11 Å². The van der Waals surface area contributed by atoms with Crippen LogP contribution in [-0.2, 0) is 19.0 Å². The summed E-state index contributed by atoms with van der Waals surface area (Å²) in [7, 11) is 1.46. The van der Waals surface area contributed by atoms with Crippen molar-refractivity contribution in [3.8, 4) is 0 Å². The summed E-state index contributed by atoms with van der Waals surface area (Å²) in [5, 5.41) is 0. The minimum atomic E-state index is -1.12. The maximum atomic E-state index is 12.3. The second-order valence-electron chi connectivity index (χ2n) is 6.09. The molecule has 0 aliphatic heterocycles. The highest BCUT2D eigenvalue weighted by atomic mass is 16.6. The van der Waals surface area contributed by atoms with Crippen LogP contribution in [-0.4, -0.2) is 48.5 Å². The first-order chi connectivity index (χ1) is 9.62. The molecule has 0 N–H and O–H groups in total. The van der Waals surface area contributed by atoms with Gasteiger partial charge in [-0.1, -0.05) is 13.8 Å². The van der Waals surface area contributed by atoms with Crippen molar-refractivity contribution in [2.24, 2.45) is 0 Å². The number of amides is 1. The molecule has 0 spiro atoms. The molecule has 1 amide bonds. The summed E-state index contributed by atoms with van der Waals surface area (Å²) in [6, 6.07) is 0. The molecule has 0 bridgehead atoms. The number of carbonyl (C=O) groups is 2. The standard InChI is InChI=1S/C15H29NO5/c1-8-10-20-12(17)15(6,9-2)16(11-19-7)13(18)21-14(3,4)5/h8-11H2,1-7H3/t15-/m0/s1. The maximum Gasteiger partial charge on any atom is 0.413 e. The summed E-state index contributed by atoms with van der Waals surface area (Å²) in [6.07, 6.45) is 0.530. The molecule has 0 saturated carbocycles. The zero-order valence-corrected chi connectivity index (χ0v) is 14.3. The van der Waals surface area contributed by atoms with Gasteiger partial charge in [-0.25, -0.2) is 9.59 Å². The average Bonchev–Trinajstić information content (AvgIpc) is 2.39. The molecule has 6 heteroatoms. The molecule has 0 aliphatic carbocycles. The third-order valence-electron chi connectivity index (χ3n) is 3.03. The van der Waals surface area contributed by atoms with E-state index in [1.807, 2.05) is 13.8 Å². The van der Waals surface area contributed by atoms with Gasteiger partial charge in [0.1, 0.15) is 17.9 Å². The van der Waals surface area contributed by atoms with E-state index in [0.717, 1.165) is 6.42 Å². The summed E-state index contributed by atoms with van der Waals surface area (Å²) >= 11 is 0. The molecular formula is C15H29NO5. The second kappa shape index (κ2) is 8.22. The monoisotopic (exact) mass is 303 g/mol. The van der Waals surface area contributed by atoms with Gasteiger partial charge in [0.15, 0.2) is 0 Å². The van der Waals surface area contributed by atoms with Crippen LogP contribution in [0.15, 0.2) is 0 Å². The highest BCUT2D eigenvalue weighted by molar-refractivity contribution is 5.85. The summed E-state index contributed by atoms with van der Waals surface area (Å²) in [6.45, 7) is 11.0. The van der Waals surface area contributed by atoms with Gasteiger partial charge in [0.25, 0.3) is 0 Å². The summed E-state index contributed by atoms with van der Waals surface area (Å²) in [4.78, 5) is 25.9. The van der Waals surface area contributed by atoms with E-state index < -0.39 is 23.2 Å². The van der Waals surface area contributed by atoms with Gasteiger partial charge >= 0.3 is 12.1 Å². The van der Waals surface area contributed by atoms with Crippen LogP contribution in [0.25, 0.3) is 0 Å². The number of methoxy groups -OCH3 is 1. The predicted molar refractivity (Wildman–Crippen MR) is 79.9 cm³/mol. The normalized spacial score (nSPS) is 14.2. The van der Waals surface area contributed by atoms with E-state index in [1.54, 1.807) is 27.7 Å². The molecule has 0 aromatic heterocycles. The molecular weight excluding hydrogens is 274 g/mol. The Balaban J connectivity index is 5.26. The highest BCUT2D eigenvalue weighted by Gasteiger charge is 2.44. The lowest BCUT2D eigenvalue weighted by Gasteiger charge is -2.38. The molecule has 0 aromatic rings. The van der Waals surface area contributed by atoms with Crippen LogP contribution in [0.1, 0.15) is 54.4 Å². The molecule has 0 heterocycles. The lowest BCUT2D eigenvalue weighted by Crippen LogP contribution is -2.57. The first kappa shape index (κ1) is 19.7. The van der Waals surface area contributed by atoms with E-state index in [4.69, 9.17) is 14.2 Å².